The van der Waals surface area contributed by atoms with Crippen LogP contribution in [0, 0.1) is 13.8 Å². The second-order valence-corrected chi connectivity index (χ2v) is 3.91. The summed E-state index contributed by atoms with van der Waals surface area (Å²) in [5.74, 6) is 1.85. The molecule has 2 heterocycles. The highest BCUT2D eigenvalue weighted by Gasteiger charge is 2.20. The van der Waals surface area contributed by atoms with Crippen molar-refractivity contribution in [1.29, 1.82) is 0 Å². The van der Waals surface area contributed by atoms with E-state index >= 15 is 0 Å². The Kier molecular flexibility index (Phi) is 2.37. The van der Waals surface area contributed by atoms with Crippen LogP contribution in [0.15, 0.2) is 6.07 Å². The van der Waals surface area contributed by atoms with Gasteiger partial charge in [-0.15, -0.1) is 0 Å². The van der Waals surface area contributed by atoms with Crippen LogP contribution in [0.25, 0.3) is 0 Å². The predicted molar refractivity (Wildman–Crippen MR) is 56.3 cm³/mol. The molecule has 2 N–H and O–H groups in total. The number of rotatable bonds is 1. The quantitative estimate of drug-likeness (QED) is 0.709. The molecule has 1 aliphatic heterocycles. The minimum absolute atomic E-state index is 0.297. The third-order valence-electron chi connectivity index (χ3n) is 2.50. The third kappa shape index (κ3) is 1.85. The van der Waals surface area contributed by atoms with E-state index in [1.807, 2.05) is 19.9 Å². The van der Waals surface area contributed by atoms with E-state index in [2.05, 4.69) is 14.9 Å². The Morgan fingerprint density at radius 3 is 2.79 bits per heavy atom. The number of nitrogens with zero attached hydrogens (tertiary/aromatic N) is 3. The zero-order chi connectivity index (χ0) is 10.1. The SMILES string of the molecule is Cc1cc(N2CC[C@H](N)C2)nc(C)n1. The largest absolute Gasteiger partial charge is 0.355 e. The molecule has 4 heteroatoms. The summed E-state index contributed by atoms with van der Waals surface area (Å²) in [5, 5.41) is 0. The van der Waals surface area contributed by atoms with Gasteiger partial charge in [-0.25, -0.2) is 9.97 Å². The van der Waals surface area contributed by atoms with E-state index in [4.69, 9.17) is 5.73 Å². The van der Waals surface area contributed by atoms with E-state index in [9.17, 15) is 0 Å². The molecule has 14 heavy (non-hydrogen) atoms. The van der Waals surface area contributed by atoms with Crippen molar-refractivity contribution in [2.75, 3.05) is 18.0 Å². The summed E-state index contributed by atoms with van der Waals surface area (Å²) in [7, 11) is 0. The van der Waals surface area contributed by atoms with Crippen molar-refractivity contribution in [2.45, 2.75) is 26.3 Å². The van der Waals surface area contributed by atoms with Crippen molar-refractivity contribution >= 4 is 5.82 Å². The van der Waals surface area contributed by atoms with Crippen LogP contribution < -0.4 is 10.6 Å². The molecule has 0 bridgehead atoms. The minimum Gasteiger partial charge on any atom is -0.355 e. The molecule has 0 aromatic carbocycles. The van der Waals surface area contributed by atoms with Gasteiger partial charge in [-0.2, -0.15) is 0 Å². The Morgan fingerprint density at radius 1 is 1.43 bits per heavy atom. The molecule has 76 valence electrons. The number of aromatic nitrogens is 2. The van der Waals surface area contributed by atoms with E-state index in [1.54, 1.807) is 0 Å². The molecule has 0 unspecified atom stereocenters. The average Bonchev–Trinajstić information content (AvgIpc) is 2.50. The van der Waals surface area contributed by atoms with Gasteiger partial charge in [0.25, 0.3) is 0 Å². The predicted octanol–water partition coefficient (Wildman–Crippen LogP) is 0.631. The minimum atomic E-state index is 0.297. The van der Waals surface area contributed by atoms with E-state index in [0.29, 0.717) is 6.04 Å². The van der Waals surface area contributed by atoms with E-state index in [0.717, 1.165) is 36.8 Å². The molecule has 1 aromatic heterocycles. The molecule has 0 radical (unpaired) electrons. The number of aryl methyl sites for hydroxylation is 2. The molecule has 0 amide bonds. The van der Waals surface area contributed by atoms with Crippen LogP contribution in [0.3, 0.4) is 0 Å². The van der Waals surface area contributed by atoms with E-state index in [1.165, 1.54) is 0 Å². The Hall–Kier alpha value is -1.16. The van der Waals surface area contributed by atoms with Crippen molar-refractivity contribution < 1.29 is 0 Å². The van der Waals surface area contributed by atoms with Crippen LogP contribution in [0.1, 0.15) is 17.9 Å². The van der Waals surface area contributed by atoms with Crippen LogP contribution in [0.2, 0.25) is 0 Å². The molecule has 0 saturated carbocycles. The fourth-order valence-corrected chi connectivity index (χ4v) is 1.85. The van der Waals surface area contributed by atoms with Gasteiger partial charge in [-0.05, 0) is 20.3 Å². The fourth-order valence-electron chi connectivity index (χ4n) is 1.85. The van der Waals surface area contributed by atoms with Crippen LogP contribution in [0.4, 0.5) is 5.82 Å². The van der Waals surface area contributed by atoms with Gasteiger partial charge in [0.2, 0.25) is 0 Å². The second kappa shape index (κ2) is 3.53. The maximum atomic E-state index is 5.85. The standard InChI is InChI=1S/C10H16N4/c1-7-5-10(13-8(2)12-7)14-4-3-9(11)6-14/h5,9H,3-4,6,11H2,1-2H3/t9-/m0/s1. The molecule has 0 spiro atoms. The van der Waals surface area contributed by atoms with Crippen molar-refractivity contribution in [1.82, 2.24) is 9.97 Å². The zero-order valence-electron chi connectivity index (χ0n) is 8.70. The smallest absolute Gasteiger partial charge is 0.132 e. The molecule has 1 aliphatic rings. The van der Waals surface area contributed by atoms with Gasteiger partial charge in [-0.3, -0.25) is 0 Å². The summed E-state index contributed by atoms with van der Waals surface area (Å²) >= 11 is 0. The molecule has 0 aliphatic carbocycles. The summed E-state index contributed by atoms with van der Waals surface area (Å²) in [6, 6.07) is 2.32. The number of hydrogen-bond acceptors (Lipinski definition) is 4. The van der Waals surface area contributed by atoms with Gasteiger partial charge in [0, 0.05) is 30.9 Å². The first kappa shape index (κ1) is 9.40. The van der Waals surface area contributed by atoms with Crippen LogP contribution in [0.5, 0.6) is 0 Å². The van der Waals surface area contributed by atoms with Gasteiger partial charge in [0.1, 0.15) is 11.6 Å². The summed E-state index contributed by atoms with van der Waals surface area (Å²) in [5.41, 5.74) is 6.87. The molecule has 1 fully saturated rings. The third-order valence-corrected chi connectivity index (χ3v) is 2.50. The Bertz CT molecular complexity index is 317. The van der Waals surface area contributed by atoms with Crippen molar-refractivity contribution in [3.63, 3.8) is 0 Å². The normalized spacial score (nSPS) is 21.6. The van der Waals surface area contributed by atoms with Crippen LogP contribution in [-0.2, 0) is 0 Å². The summed E-state index contributed by atoms with van der Waals surface area (Å²) in [6.07, 6.45) is 1.06. The highest BCUT2D eigenvalue weighted by atomic mass is 15.2. The first-order chi connectivity index (χ1) is 6.65. The lowest BCUT2D eigenvalue weighted by Gasteiger charge is -2.17. The van der Waals surface area contributed by atoms with Crippen LogP contribution >= 0.6 is 0 Å². The molecule has 1 saturated heterocycles. The number of hydrogen-bond donors (Lipinski definition) is 1. The molecule has 2 rings (SSSR count). The molecular formula is C10H16N4. The van der Waals surface area contributed by atoms with E-state index in [-0.39, 0.29) is 0 Å². The molecule has 4 nitrogen and oxygen atoms in total. The highest BCUT2D eigenvalue weighted by molar-refractivity contribution is 5.41. The summed E-state index contributed by atoms with van der Waals surface area (Å²) < 4.78 is 0. The number of anilines is 1. The van der Waals surface area contributed by atoms with Crippen molar-refractivity contribution in [3.8, 4) is 0 Å². The monoisotopic (exact) mass is 192 g/mol. The van der Waals surface area contributed by atoms with E-state index < -0.39 is 0 Å². The molecule has 1 atom stereocenters. The second-order valence-electron chi connectivity index (χ2n) is 3.91. The lowest BCUT2D eigenvalue weighted by Crippen LogP contribution is -2.27. The average molecular weight is 192 g/mol. The lowest BCUT2D eigenvalue weighted by atomic mass is 10.3. The van der Waals surface area contributed by atoms with Gasteiger partial charge in [-0.1, -0.05) is 0 Å². The van der Waals surface area contributed by atoms with Gasteiger partial charge in [0.05, 0.1) is 0 Å². The Balaban J connectivity index is 2.23. The molecule has 1 aromatic rings. The van der Waals surface area contributed by atoms with Gasteiger partial charge < -0.3 is 10.6 Å². The van der Waals surface area contributed by atoms with Crippen molar-refractivity contribution in [2.24, 2.45) is 5.73 Å². The van der Waals surface area contributed by atoms with Crippen molar-refractivity contribution in [3.05, 3.63) is 17.6 Å². The maximum absolute atomic E-state index is 5.85. The van der Waals surface area contributed by atoms with Gasteiger partial charge in [0.15, 0.2) is 0 Å². The van der Waals surface area contributed by atoms with Gasteiger partial charge >= 0.3 is 0 Å². The number of nitrogens with two attached hydrogens (primary N) is 1. The lowest BCUT2D eigenvalue weighted by molar-refractivity contribution is 0.751. The first-order valence-electron chi connectivity index (χ1n) is 4.98. The molecular weight excluding hydrogens is 176 g/mol. The summed E-state index contributed by atoms with van der Waals surface area (Å²) in [4.78, 5) is 10.9. The fraction of sp³-hybridized carbons (Fsp3) is 0.600. The highest BCUT2D eigenvalue weighted by Crippen LogP contribution is 2.17. The first-order valence-corrected chi connectivity index (χ1v) is 4.98. The van der Waals surface area contributed by atoms with Crippen LogP contribution in [-0.4, -0.2) is 29.1 Å². The maximum Gasteiger partial charge on any atom is 0.132 e. The topological polar surface area (TPSA) is 55.0 Å². The Morgan fingerprint density at radius 2 is 2.21 bits per heavy atom. The summed E-state index contributed by atoms with van der Waals surface area (Å²) in [6.45, 7) is 5.84. The Labute approximate surface area is 84.2 Å². The zero-order valence-corrected chi connectivity index (χ0v) is 8.70.